The highest BCUT2D eigenvalue weighted by Crippen LogP contribution is 2.33. The number of allylic oxidation sites excluding steroid dienone is 4. The Balaban J connectivity index is 1.55. The zero-order chi connectivity index (χ0) is 40.9. The Hall–Kier alpha value is -6.08. The van der Waals surface area contributed by atoms with Crippen LogP contribution in [0.1, 0.15) is 56.2 Å². The minimum atomic E-state index is -1.23. The number of ether oxygens (including phenoxy) is 1. The summed E-state index contributed by atoms with van der Waals surface area (Å²) in [5.41, 5.74) is 2.87. The van der Waals surface area contributed by atoms with Gasteiger partial charge in [0.1, 0.15) is 29.3 Å². The summed E-state index contributed by atoms with van der Waals surface area (Å²) < 4.78 is 5.68. The molecule has 3 aromatic rings. The lowest BCUT2D eigenvalue weighted by Gasteiger charge is -2.53. The number of hydrogen-bond donors (Lipinski definition) is 4. The van der Waals surface area contributed by atoms with Gasteiger partial charge in [-0.25, -0.2) is 4.79 Å². The Morgan fingerprint density at radius 3 is 2.07 bits per heavy atom. The monoisotopic (exact) mass is 780 g/mol. The van der Waals surface area contributed by atoms with Gasteiger partial charge < -0.3 is 35.2 Å². The standard InChI is InChI=1S/C44H52N4O9/c1-4-7-8-25-56-44(55)48-40-29-46(37(26-31-11-17-34(49)18-12-31)41(52)45-24-23-30(9-5-2)10-6-3)42(53)38(27-32-13-19-35(50)20-14-32)47(40)43(54)39(57-48)28-33-15-21-36(51)22-16-33/h5-6,9-22,37-40,49-51H,2,4,7-8,23-29H2,1,3H3,(H,45,52)/b10-6-,30-9+/t37-,38-,39+,40?/m0/s1. The maximum absolute atomic E-state index is 15.0. The number of phenols is 3. The molecule has 2 heterocycles. The number of aromatic hydroxyl groups is 3. The number of nitrogens with zero attached hydrogens (tertiary/aromatic N) is 3. The van der Waals surface area contributed by atoms with Crippen LogP contribution in [0, 0.1) is 0 Å². The van der Waals surface area contributed by atoms with Gasteiger partial charge in [-0.05, 0) is 78.4 Å². The Morgan fingerprint density at radius 2 is 1.49 bits per heavy atom. The van der Waals surface area contributed by atoms with E-state index < -0.39 is 48.2 Å². The van der Waals surface area contributed by atoms with E-state index in [2.05, 4.69) is 11.9 Å². The van der Waals surface area contributed by atoms with Gasteiger partial charge in [0.25, 0.3) is 5.91 Å². The number of benzene rings is 3. The van der Waals surface area contributed by atoms with Gasteiger partial charge in [-0.1, -0.05) is 87.0 Å². The minimum absolute atomic E-state index is 0.00419. The molecular weight excluding hydrogens is 729 g/mol. The first-order valence-corrected chi connectivity index (χ1v) is 19.3. The van der Waals surface area contributed by atoms with E-state index in [9.17, 15) is 34.5 Å². The molecule has 2 fully saturated rings. The average Bonchev–Trinajstić information content (AvgIpc) is 3.20. The molecule has 2 saturated heterocycles. The summed E-state index contributed by atoms with van der Waals surface area (Å²) in [5.74, 6) is -1.41. The molecular formula is C44H52N4O9. The van der Waals surface area contributed by atoms with Crippen molar-refractivity contribution in [1.29, 1.82) is 0 Å². The quantitative estimate of drug-likeness (QED) is 0.0992. The van der Waals surface area contributed by atoms with Gasteiger partial charge in [0.05, 0.1) is 13.2 Å². The van der Waals surface area contributed by atoms with Gasteiger partial charge in [-0.2, -0.15) is 5.06 Å². The molecule has 3 aromatic carbocycles. The number of hydrogen-bond acceptors (Lipinski definition) is 9. The fraction of sp³-hybridized carbons (Fsp3) is 0.364. The van der Waals surface area contributed by atoms with Gasteiger partial charge in [0, 0.05) is 25.8 Å². The molecule has 0 aromatic heterocycles. The summed E-state index contributed by atoms with van der Waals surface area (Å²) >= 11 is 0. The average molecular weight is 781 g/mol. The van der Waals surface area contributed by atoms with Gasteiger partial charge in [0.2, 0.25) is 11.8 Å². The van der Waals surface area contributed by atoms with Crippen molar-refractivity contribution in [2.45, 2.75) is 83.1 Å². The lowest BCUT2D eigenvalue weighted by Crippen LogP contribution is -2.75. The Labute approximate surface area is 333 Å². The van der Waals surface area contributed by atoms with E-state index in [4.69, 9.17) is 9.57 Å². The number of piperazine rings is 1. The molecule has 13 nitrogen and oxygen atoms in total. The number of nitrogens with one attached hydrogen (secondary N) is 1. The lowest BCUT2D eigenvalue weighted by molar-refractivity contribution is -0.267. The molecule has 5 rings (SSSR count). The van der Waals surface area contributed by atoms with Crippen LogP contribution in [0.5, 0.6) is 17.2 Å². The van der Waals surface area contributed by atoms with Crippen LogP contribution in [0.15, 0.2) is 109 Å². The maximum atomic E-state index is 15.0. The molecule has 0 radical (unpaired) electrons. The molecule has 1 unspecified atom stereocenters. The van der Waals surface area contributed by atoms with E-state index in [0.717, 1.165) is 23.5 Å². The summed E-state index contributed by atoms with van der Waals surface area (Å²) in [4.78, 5) is 66.8. The van der Waals surface area contributed by atoms with E-state index in [1.165, 1.54) is 46.2 Å². The summed E-state index contributed by atoms with van der Waals surface area (Å²) in [7, 11) is 0. The summed E-state index contributed by atoms with van der Waals surface area (Å²) in [6.45, 7) is 7.77. The number of hydroxylamine groups is 2. The first-order valence-electron chi connectivity index (χ1n) is 19.3. The maximum Gasteiger partial charge on any atom is 0.436 e. The number of phenolic OH excluding ortho intramolecular Hbond substituents is 3. The van der Waals surface area contributed by atoms with Gasteiger partial charge in [0.15, 0.2) is 12.3 Å². The lowest BCUT2D eigenvalue weighted by atomic mass is 9.94. The number of carbonyl (C=O) groups is 4. The number of amides is 4. The highest BCUT2D eigenvalue weighted by Gasteiger charge is 2.55. The predicted octanol–water partition coefficient (Wildman–Crippen LogP) is 5.70. The van der Waals surface area contributed by atoms with Crippen molar-refractivity contribution in [1.82, 2.24) is 20.2 Å². The number of unbranched alkanes of at least 4 members (excludes halogenated alkanes) is 2. The highest BCUT2D eigenvalue weighted by molar-refractivity contribution is 5.95. The second-order valence-electron chi connectivity index (χ2n) is 14.1. The van der Waals surface area contributed by atoms with Crippen molar-refractivity contribution >= 4 is 23.8 Å². The van der Waals surface area contributed by atoms with Crippen LogP contribution in [-0.2, 0) is 43.2 Å². The van der Waals surface area contributed by atoms with Gasteiger partial charge in [-0.15, -0.1) is 0 Å². The van der Waals surface area contributed by atoms with Crippen molar-refractivity contribution in [3.8, 4) is 17.2 Å². The molecule has 4 N–H and O–H groups in total. The molecule has 302 valence electrons. The summed E-state index contributed by atoms with van der Waals surface area (Å²) in [6, 6.07) is 16.5. The zero-order valence-corrected chi connectivity index (χ0v) is 32.5. The van der Waals surface area contributed by atoms with Crippen molar-refractivity contribution in [2.24, 2.45) is 0 Å². The third kappa shape index (κ3) is 11.0. The molecule has 2 aliphatic rings. The molecule has 57 heavy (non-hydrogen) atoms. The predicted molar refractivity (Wildman–Crippen MR) is 214 cm³/mol. The van der Waals surface area contributed by atoms with Crippen LogP contribution in [0.4, 0.5) is 4.79 Å². The van der Waals surface area contributed by atoms with Crippen LogP contribution in [0.25, 0.3) is 0 Å². The molecule has 4 atom stereocenters. The number of rotatable bonds is 17. The molecule has 13 heteroatoms. The van der Waals surface area contributed by atoms with E-state index in [1.54, 1.807) is 42.5 Å². The van der Waals surface area contributed by atoms with Crippen LogP contribution in [-0.4, -0.2) is 98.0 Å². The van der Waals surface area contributed by atoms with Crippen molar-refractivity contribution in [3.63, 3.8) is 0 Å². The summed E-state index contributed by atoms with van der Waals surface area (Å²) in [5, 5.41) is 33.9. The Kier molecular flexibility index (Phi) is 14.9. The van der Waals surface area contributed by atoms with Crippen LogP contribution in [0.3, 0.4) is 0 Å². The molecule has 0 saturated carbocycles. The second-order valence-corrected chi connectivity index (χ2v) is 14.1. The normalized spacial score (nSPS) is 19.0. The molecule has 0 spiro atoms. The molecule has 2 aliphatic heterocycles. The highest BCUT2D eigenvalue weighted by atomic mass is 16.7. The molecule has 0 bridgehead atoms. The van der Waals surface area contributed by atoms with Crippen molar-refractivity contribution in [3.05, 3.63) is 126 Å². The largest absolute Gasteiger partial charge is 0.508 e. The van der Waals surface area contributed by atoms with E-state index >= 15 is 0 Å². The molecule has 4 amide bonds. The molecule has 0 aliphatic carbocycles. The SMILES string of the molecule is C=C/C=C(\C=C/C)CCNC(=O)[C@H](Cc1ccc(O)cc1)N1CC2N(C(=O)OCCCCC)O[C@H](Cc3ccc(O)cc3)C(=O)N2[C@@H](Cc2ccc(O)cc2)C1=O. The third-order valence-electron chi connectivity index (χ3n) is 9.97. The Bertz CT molecular complexity index is 1910. The van der Waals surface area contributed by atoms with Crippen LogP contribution < -0.4 is 5.32 Å². The van der Waals surface area contributed by atoms with E-state index in [-0.39, 0.29) is 56.2 Å². The first-order chi connectivity index (χ1) is 27.5. The fourth-order valence-electron chi connectivity index (χ4n) is 7.05. The van der Waals surface area contributed by atoms with Gasteiger partial charge >= 0.3 is 6.09 Å². The van der Waals surface area contributed by atoms with E-state index in [1.807, 2.05) is 32.1 Å². The number of fused-ring (bicyclic) bond motifs is 1. The van der Waals surface area contributed by atoms with E-state index in [0.29, 0.717) is 29.5 Å². The topological polar surface area (TPSA) is 169 Å². The van der Waals surface area contributed by atoms with Gasteiger partial charge in [-0.3, -0.25) is 19.2 Å². The number of carbonyl (C=O) groups excluding carboxylic acids is 4. The zero-order valence-electron chi connectivity index (χ0n) is 32.5. The van der Waals surface area contributed by atoms with Crippen molar-refractivity contribution < 1.29 is 44.1 Å². The fourth-order valence-corrected chi connectivity index (χ4v) is 7.05. The third-order valence-corrected chi connectivity index (χ3v) is 9.97. The Morgan fingerprint density at radius 1 is 0.895 bits per heavy atom. The minimum Gasteiger partial charge on any atom is -0.508 e. The second kappa shape index (κ2) is 20.2. The van der Waals surface area contributed by atoms with Crippen molar-refractivity contribution in [2.75, 3.05) is 19.7 Å². The first kappa shape index (κ1) is 42.1. The van der Waals surface area contributed by atoms with Crippen LogP contribution in [0.2, 0.25) is 0 Å². The van der Waals surface area contributed by atoms with Crippen LogP contribution >= 0.6 is 0 Å². The summed E-state index contributed by atoms with van der Waals surface area (Å²) in [6.07, 6.45) is 6.98. The smallest absolute Gasteiger partial charge is 0.436 e.